The number of phenolic OH excluding ortho intramolecular Hbond substituents is 4. The third-order valence-electron chi connectivity index (χ3n) is 7.40. The maximum absolute atomic E-state index is 12.8. The first kappa shape index (κ1) is 35.3. The summed E-state index contributed by atoms with van der Waals surface area (Å²) >= 11 is 0. The highest BCUT2D eigenvalue weighted by molar-refractivity contribution is 5.87. The molecule has 0 bridgehead atoms. The van der Waals surface area contributed by atoms with Crippen molar-refractivity contribution in [2.24, 2.45) is 0 Å². The van der Waals surface area contributed by atoms with Crippen molar-refractivity contribution in [1.82, 2.24) is 0 Å². The lowest BCUT2D eigenvalue weighted by Crippen LogP contribution is -2.65. The molecule has 2 heterocycles. The SMILES string of the molecule is O=C(/C=C/c1ccc(O)c(O)c1)O[C@H]1[C@H](O[C@@H]2O[C@H](CO)[C@@H](O)[C@H](O)[C@H]2O)[C@@H](O)[C@H](OC[C@H](O)c2ccc(O)c(O)c2)O[C@@H]1CO. The molecule has 46 heavy (non-hydrogen) atoms. The summed E-state index contributed by atoms with van der Waals surface area (Å²) in [6.45, 7) is -2.21. The van der Waals surface area contributed by atoms with E-state index in [1.54, 1.807) is 0 Å². The molecule has 0 radical (unpaired) electrons. The highest BCUT2D eigenvalue weighted by Gasteiger charge is 2.52. The van der Waals surface area contributed by atoms with Crippen molar-refractivity contribution in [2.75, 3.05) is 19.8 Å². The summed E-state index contributed by atoms with van der Waals surface area (Å²) < 4.78 is 27.7. The van der Waals surface area contributed by atoms with Gasteiger partial charge in [0.2, 0.25) is 0 Å². The number of rotatable bonds is 11. The number of aliphatic hydroxyl groups is 7. The molecule has 2 aromatic carbocycles. The number of hydrogen-bond donors (Lipinski definition) is 11. The first-order valence-electron chi connectivity index (χ1n) is 14.0. The van der Waals surface area contributed by atoms with Gasteiger partial charge in [-0.3, -0.25) is 0 Å². The first-order chi connectivity index (χ1) is 21.8. The van der Waals surface area contributed by atoms with Crippen LogP contribution in [0.15, 0.2) is 42.5 Å². The molecule has 2 aliphatic heterocycles. The summed E-state index contributed by atoms with van der Waals surface area (Å²) in [6.07, 6.45) is -16.4. The van der Waals surface area contributed by atoms with Crippen molar-refractivity contribution in [2.45, 2.75) is 67.5 Å². The minimum Gasteiger partial charge on any atom is -0.504 e. The average Bonchev–Trinajstić information content (AvgIpc) is 3.03. The molecule has 17 nitrogen and oxygen atoms in total. The van der Waals surface area contributed by atoms with Crippen LogP contribution in [0.1, 0.15) is 17.2 Å². The van der Waals surface area contributed by atoms with Crippen LogP contribution in [0, 0.1) is 0 Å². The lowest BCUT2D eigenvalue weighted by molar-refractivity contribution is -0.361. The van der Waals surface area contributed by atoms with Crippen LogP contribution in [0.25, 0.3) is 6.08 Å². The van der Waals surface area contributed by atoms with E-state index in [2.05, 4.69) is 0 Å². The number of carbonyl (C=O) groups is 1. The van der Waals surface area contributed by atoms with E-state index in [1.165, 1.54) is 24.3 Å². The predicted octanol–water partition coefficient (Wildman–Crippen LogP) is -2.55. The molecule has 0 saturated carbocycles. The Labute approximate surface area is 260 Å². The van der Waals surface area contributed by atoms with E-state index in [-0.39, 0.29) is 11.1 Å². The Hall–Kier alpha value is -3.59. The second kappa shape index (κ2) is 15.3. The Morgan fingerprint density at radius 2 is 1.39 bits per heavy atom. The van der Waals surface area contributed by atoms with Gasteiger partial charge in [-0.25, -0.2) is 4.79 Å². The third-order valence-corrected chi connectivity index (χ3v) is 7.40. The van der Waals surface area contributed by atoms with Crippen molar-refractivity contribution < 1.29 is 84.7 Å². The van der Waals surface area contributed by atoms with Gasteiger partial charge in [0.15, 0.2) is 41.7 Å². The van der Waals surface area contributed by atoms with Crippen molar-refractivity contribution in [3.05, 3.63) is 53.6 Å². The van der Waals surface area contributed by atoms with E-state index in [0.717, 1.165) is 24.3 Å². The predicted molar refractivity (Wildman–Crippen MR) is 150 cm³/mol. The number of ether oxygens (including phenoxy) is 5. The van der Waals surface area contributed by atoms with Gasteiger partial charge in [0.1, 0.15) is 48.8 Å². The molecule has 0 aliphatic carbocycles. The molecule has 0 spiro atoms. The summed E-state index contributed by atoms with van der Waals surface area (Å²) in [5.41, 5.74) is 0.406. The van der Waals surface area contributed by atoms with Gasteiger partial charge >= 0.3 is 5.97 Å². The van der Waals surface area contributed by atoms with Crippen LogP contribution in [0.2, 0.25) is 0 Å². The maximum atomic E-state index is 12.8. The summed E-state index contributed by atoms with van der Waals surface area (Å²) in [7, 11) is 0. The number of aliphatic hydroxyl groups excluding tert-OH is 7. The molecule has 2 aliphatic rings. The number of esters is 1. The lowest BCUT2D eigenvalue weighted by atomic mass is 9.96. The van der Waals surface area contributed by atoms with Gasteiger partial charge in [0, 0.05) is 6.08 Å². The van der Waals surface area contributed by atoms with Gasteiger partial charge in [-0.2, -0.15) is 0 Å². The second-order valence-electron chi connectivity index (χ2n) is 10.6. The molecule has 2 aromatic rings. The monoisotopic (exact) mass is 656 g/mol. The first-order valence-corrected chi connectivity index (χ1v) is 14.0. The Morgan fingerprint density at radius 3 is 2.02 bits per heavy atom. The molecule has 11 N–H and O–H groups in total. The summed E-state index contributed by atoms with van der Waals surface area (Å²) in [4.78, 5) is 12.8. The highest BCUT2D eigenvalue weighted by Crippen LogP contribution is 2.33. The zero-order valence-electron chi connectivity index (χ0n) is 24.0. The van der Waals surface area contributed by atoms with E-state index in [0.29, 0.717) is 0 Å². The number of carbonyl (C=O) groups excluding carboxylic acids is 1. The number of aromatic hydroxyl groups is 4. The van der Waals surface area contributed by atoms with E-state index in [9.17, 15) is 61.0 Å². The Bertz CT molecular complexity index is 1350. The van der Waals surface area contributed by atoms with Crippen LogP contribution in [-0.4, -0.2) is 143 Å². The number of phenols is 4. The fraction of sp³-hybridized carbons (Fsp3) is 0.483. The van der Waals surface area contributed by atoms with E-state index in [4.69, 9.17) is 23.7 Å². The van der Waals surface area contributed by atoms with Crippen molar-refractivity contribution >= 4 is 12.0 Å². The standard InChI is InChI=1S/C29H36O17/c30-9-19-22(38)23(39)24(40)29(43-19)46-27-25(41)28(42-11-18(36)13-3-5-15(33)17(35)8-13)44-20(10-31)26(27)45-21(37)6-2-12-1-4-14(32)16(34)7-12/h1-8,18-20,22-36,38-41H,9-11H2/b6-2+/t18-,19+,20+,22+,23-,24+,25+,26+,27+,28+,29-/m0/s1. The van der Waals surface area contributed by atoms with E-state index < -0.39 is 116 Å². The van der Waals surface area contributed by atoms with Gasteiger partial charge in [0.25, 0.3) is 0 Å². The largest absolute Gasteiger partial charge is 0.504 e. The molecule has 0 unspecified atom stereocenters. The van der Waals surface area contributed by atoms with Gasteiger partial charge in [-0.1, -0.05) is 12.1 Å². The van der Waals surface area contributed by atoms with Gasteiger partial charge in [-0.05, 0) is 41.5 Å². The molecule has 17 heteroatoms. The summed E-state index contributed by atoms with van der Waals surface area (Å²) in [5.74, 6) is -2.85. The van der Waals surface area contributed by atoms with Crippen LogP contribution in [-0.2, 0) is 28.5 Å². The molecule has 11 atom stereocenters. The fourth-order valence-corrected chi connectivity index (χ4v) is 4.82. The van der Waals surface area contributed by atoms with E-state index >= 15 is 0 Å². The molecular formula is C29H36O17. The summed E-state index contributed by atoms with van der Waals surface area (Å²) in [5, 5.41) is 111. The summed E-state index contributed by atoms with van der Waals surface area (Å²) in [6, 6.07) is 7.22. The van der Waals surface area contributed by atoms with Crippen LogP contribution in [0.3, 0.4) is 0 Å². The Morgan fingerprint density at radius 1 is 0.761 bits per heavy atom. The van der Waals surface area contributed by atoms with Crippen LogP contribution in [0.4, 0.5) is 0 Å². The smallest absolute Gasteiger partial charge is 0.331 e. The van der Waals surface area contributed by atoms with Crippen LogP contribution < -0.4 is 0 Å². The number of hydrogen-bond acceptors (Lipinski definition) is 17. The normalized spacial score (nSPS) is 32.3. The quantitative estimate of drug-likeness (QED) is 0.0674. The highest BCUT2D eigenvalue weighted by atomic mass is 16.7. The Balaban J connectivity index is 1.56. The topological polar surface area (TPSA) is 286 Å². The van der Waals surface area contributed by atoms with Crippen molar-refractivity contribution in [3.63, 3.8) is 0 Å². The van der Waals surface area contributed by atoms with E-state index in [1.807, 2.05) is 0 Å². The molecule has 2 fully saturated rings. The minimum absolute atomic E-state index is 0.119. The fourth-order valence-electron chi connectivity index (χ4n) is 4.82. The zero-order valence-corrected chi connectivity index (χ0v) is 24.0. The zero-order chi connectivity index (χ0) is 33.7. The second-order valence-corrected chi connectivity index (χ2v) is 10.6. The minimum atomic E-state index is -1.93. The molecule has 0 aromatic heterocycles. The average molecular weight is 657 g/mol. The third kappa shape index (κ3) is 8.03. The van der Waals surface area contributed by atoms with Crippen molar-refractivity contribution in [3.8, 4) is 23.0 Å². The lowest BCUT2D eigenvalue weighted by Gasteiger charge is -2.46. The molecule has 4 rings (SSSR count). The molecular weight excluding hydrogens is 620 g/mol. The van der Waals surface area contributed by atoms with Gasteiger partial charge in [-0.15, -0.1) is 0 Å². The number of benzene rings is 2. The van der Waals surface area contributed by atoms with Gasteiger partial charge in [0.05, 0.1) is 19.8 Å². The van der Waals surface area contributed by atoms with Crippen LogP contribution >= 0.6 is 0 Å². The molecule has 254 valence electrons. The Kier molecular flexibility index (Phi) is 11.8. The maximum Gasteiger partial charge on any atom is 0.331 e. The molecule has 0 amide bonds. The van der Waals surface area contributed by atoms with Crippen LogP contribution in [0.5, 0.6) is 23.0 Å². The molecule has 2 saturated heterocycles. The van der Waals surface area contributed by atoms with Crippen molar-refractivity contribution in [1.29, 1.82) is 0 Å². The van der Waals surface area contributed by atoms with Gasteiger partial charge < -0.3 is 79.9 Å².